The van der Waals surface area contributed by atoms with Gasteiger partial charge in [-0.15, -0.1) is 11.3 Å². The Morgan fingerprint density at radius 1 is 1.25 bits per heavy atom. The highest BCUT2D eigenvalue weighted by Crippen LogP contribution is 2.30. The van der Waals surface area contributed by atoms with Gasteiger partial charge >= 0.3 is 0 Å². The van der Waals surface area contributed by atoms with Gasteiger partial charge in [0.15, 0.2) is 0 Å². The number of halogens is 2. The molecule has 4 heteroatoms. The van der Waals surface area contributed by atoms with Crippen molar-refractivity contribution in [3.05, 3.63) is 55.1 Å². The minimum atomic E-state index is 0.316. The summed E-state index contributed by atoms with van der Waals surface area (Å²) in [4.78, 5) is 1.42. The maximum Gasteiger partial charge on any atom is 0.0419 e. The Hall–Kier alpha value is -0.160. The highest BCUT2D eigenvalue weighted by Gasteiger charge is 2.17. The van der Waals surface area contributed by atoms with Gasteiger partial charge in [0.05, 0.1) is 0 Å². The van der Waals surface area contributed by atoms with E-state index in [1.165, 1.54) is 23.3 Å². The molecule has 0 fully saturated rings. The van der Waals surface area contributed by atoms with Crippen LogP contribution in [0.3, 0.4) is 0 Å². The van der Waals surface area contributed by atoms with Crippen LogP contribution in [-0.2, 0) is 0 Å². The van der Waals surface area contributed by atoms with Gasteiger partial charge in [-0.05, 0) is 42.5 Å². The number of rotatable bonds is 6. The topological polar surface area (TPSA) is 12.0 Å². The Bertz CT molecular complexity index is 539. The summed E-state index contributed by atoms with van der Waals surface area (Å²) in [7, 11) is 0. The SMILES string of the molecule is CCCC(NC(C)c1ccc(Br)cc1Br)c1cccs1. The Morgan fingerprint density at radius 3 is 2.65 bits per heavy atom. The third-order valence-electron chi connectivity index (χ3n) is 3.34. The fourth-order valence-corrected chi connectivity index (χ4v) is 4.54. The van der Waals surface area contributed by atoms with Crippen molar-refractivity contribution in [2.24, 2.45) is 0 Å². The molecular formula is C16H19Br2NS. The summed E-state index contributed by atoms with van der Waals surface area (Å²) in [5.41, 5.74) is 1.30. The lowest BCUT2D eigenvalue weighted by molar-refractivity contribution is 0.444. The first-order valence-corrected chi connectivity index (χ1v) is 9.32. The smallest absolute Gasteiger partial charge is 0.0419 e. The lowest BCUT2D eigenvalue weighted by atomic mass is 10.0. The first-order chi connectivity index (χ1) is 9.61. The van der Waals surface area contributed by atoms with E-state index in [0.717, 1.165) is 8.95 Å². The largest absolute Gasteiger partial charge is 0.303 e. The zero-order valence-corrected chi connectivity index (χ0v) is 15.7. The van der Waals surface area contributed by atoms with Crippen molar-refractivity contribution in [3.63, 3.8) is 0 Å². The molecule has 20 heavy (non-hydrogen) atoms. The molecule has 0 amide bonds. The molecule has 0 aliphatic carbocycles. The molecule has 2 unspecified atom stereocenters. The fourth-order valence-electron chi connectivity index (χ4n) is 2.33. The zero-order chi connectivity index (χ0) is 14.5. The van der Waals surface area contributed by atoms with E-state index in [-0.39, 0.29) is 0 Å². The molecule has 2 rings (SSSR count). The van der Waals surface area contributed by atoms with E-state index in [2.05, 4.69) is 86.7 Å². The molecule has 0 spiro atoms. The highest BCUT2D eigenvalue weighted by atomic mass is 79.9. The van der Waals surface area contributed by atoms with Crippen LogP contribution in [0.5, 0.6) is 0 Å². The van der Waals surface area contributed by atoms with Crippen molar-refractivity contribution in [3.8, 4) is 0 Å². The Labute approximate surface area is 142 Å². The van der Waals surface area contributed by atoms with Crippen molar-refractivity contribution < 1.29 is 0 Å². The molecular weight excluding hydrogens is 398 g/mol. The summed E-state index contributed by atoms with van der Waals surface area (Å²) < 4.78 is 2.25. The van der Waals surface area contributed by atoms with Gasteiger partial charge in [0, 0.05) is 25.9 Å². The van der Waals surface area contributed by atoms with E-state index in [9.17, 15) is 0 Å². The van der Waals surface area contributed by atoms with E-state index >= 15 is 0 Å². The maximum atomic E-state index is 3.76. The van der Waals surface area contributed by atoms with E-state index in [1.54, 1.807) is 0 Å². The Kier molecular flexibility index (Phi) is 6.27. The first-order valence-electron chi connectivity index (χ1n) is 6.86. The molecule has 0 radical (unpaired) electrons. The molecule has 108 valence electrons. The fraction of sp³-hybridized carbons (Fsp3) is 0.375. The summed E-state index contributed by atoms with van der Waals surface area (Å²) in [6.07, 6.45) is 2.35. The predicted molar refractivity (Wildman–Crippen MR) is 95.4 cm³/mol. The average molecular weight is 417 g/mol. The quantitative estimate of drug-likeness (QED) is 0.569. The summed E-state index contributed by atoms with van der Waals surface area (Å²) in [5.74, 6) is 0. The molecule has 1 aromatic carbocycles. The Morgan fingerprint density at radius 2 is 2.05 bits per heavy atom. The average Bonchev–Trinajstić information content (AvgIpc) is 2.91. The van der Waals surface area contributed by atoms with Gasteiger partial charge in [-0.3, -0.25) is 0 Å². The van der Waals surface area contributed by atoms with E-state index in [4.69, 9.17) is 0 Å². The van der Waals surface area contributed by atoms with Crippen molar-refractivity contribution in [1.29, 1.82) is 0 Å². The molecule has 0 aliphatic heterocycles. The lowest BCUT2D eigenvalue weighted by Crippen LogP contribution is -2.24. The summed E-state index contributed by atoms with van der Waals surface area (Å²) in [6, 6.07) is 11.5. The van der Waals surface area contributed by atoms with Gasteiger partial charge < -0.3 is 5.32 Å². The Balaban J connectivity index is 2.13. The van der Waals surface area contributed by atoms with Crippen LogP contribution in [0.2, 0.25) is 0 Å². The molecule has 2 atom stereocenters. The van der Waals surface area contributed by atoms with Crippen LogP contribution >= 0.6 is 43.2 Å². The monoisotopic (exact) mass is 415 g/mol. The number of benzene rings is 1. The third-order valence-corrected chi connectivity index (χ3v) is 5.51. The van der Waals surface area contributed by atoms with Gasteiger partial charge in [0.25, 0.3) is 0 Å². The van der Waals surface area contributed by atoms with Gasteiger partial charge in [0.1, 0.15) is 0 Å². The normalized spacial score (nSPS) is 14.2. The molecule has 2 aromatic rings. The minimum Gasteiger partial charge on any atom is -0.303 e. The predicted octanol–water partition coefficient (Wildman–Crippen LogP) is 6.47. The van der Waals surface area contributed by atoms with E-state index in [1.807, 2.05) is 11.3 Å². The van der Waals surface area contributed by atoms with Crippen LogP contribution in [0.1, 0.15) is 49.2 Å². The first kappa shape index (κ1) is 16.2. The second kappa shape index (κ2) is 7.74. The van der Waals surface area contributed by atoms with Crippen molar-refractivity contribution in [1.82, 2.24) is 5.32 Å². The lowest BCUT2D eigenvalue weighted by Gasteiger charge is -2.23. The van der Waals surface area contributed by atoms with Gasteiger partial charge in [-0.25, -0.2) is 0 Å². The van der Waals surface area contributed by atoms with Crippen molar-refractivity contribution >= 4 is 43.2 Å². The zero-order valence-electron chi connectivity index (χ0n) is 11.7. The second-order valence-corrected chi connectivity index (χ2v) is 7.66. The van der Waals surface area contributed by atoms with Gasteiger partial charge in [0.2, 0.25) is 0 Å². The van der Waals surface area contributed by atoms with Crippen LogP contribution < -0.4 is 5.32 Å². The summed E-state index contributed by atoms with van der Waals surface area (Å²) in [6.45, 7) is 4.47. The van der Waals surface area contributed by atoms with Crippen LogP contribution in [-0.4, -0.2) is 0 Å². The van der Waals surface area contributed by atoms with Crippen molar-refractivity contribution in [2.75, 3.05) is 0 Å². The number of hydrogen-bond donors (Lipinski definition) is 1. The summed E-state index contributed by atoms with van der Waals surface area (Å²) >= 11 is 8.99. The van der Waals surface area contributed by atoms with E-state index < -0.39 is 0 Å². The molecule has 1 heterocycles. The number of nitrogens with one attached hydrogen (secondary N) is 1. The molecule has 0 saturated carbocycles. The molecule has 1 nitrogen and oxygen atoms in total. The maximum absolute atomic E-state index is 3.76. The summed E-state index contributed by atoms with van der Waals surface area (Å²) in [5, 5.41) is 5.91. The van der Waals surface area contributed by atoms with Crippen LogP contribution in [0.4, 0.5) is 0 Å². The molecule has 0 saturated heterocycles. The van der Waals surface area contributed by atoms with Gasteiger partial charge in [-0.1, -0.05) is 57.3 Å². The molecule has 1 N–H and O–H groups in total. The molecule has 0 aliphatic rings. The second-order valence-electron chi connectivity index (χ2n) is 4.91. The number of thiophene rings is 1. The van der Waals surface area contributed by atoms with Gasteiger partial charge in [-0.2, -0.15) is 0 Å². The minimum absolute atomic E-state index is 0.316. The van der Waals surface area contributed by atoms with Crippen LogP contribution in [0, 0.1) is 0 Å². The van der Waals surface area contributed by atoms with Crippen LogP contribution in [0.15, 0.2) is 44.7 Å². The molecule has 0 bridgehead atoms. The van der Waals surface area contributed by atoms with Crippen LogP contribution in [0.25, 0.3) is 0 Å². The molecule has 1 aromatic heterocycles. The number of hydrogen-bond acceptors (Lipinski definition) is 2. The third kappa shape index (κ3) is 4.17. The standard InChI is InChI=1S/C16H19Br2NS/c1-3-5-15(16-6-4-9-20-16)19-11(2)13-8-7-12(17)10-14(13)18/h4,6-11,15,19H,3,5H2,1-2H3. The highest BCUT2D eigenvalue weighted by molar-refractivity contribution is 9.11. The van der Waals surface area contributed by atoms with E-state index in [0.29, 0.717) is 12.1 Å². The van der Waals surface area contributed by atoms with Crippen molar-refractivity contribution in [2.45, 2.75) is 38.8 Å².